The third kappa shape index (κ3) is 4.21. The second kappa shape index (κ2) is 7.10. The molecule has 0 aliphatic rings. The van der Waals surface area contributed by atoms with E-state index in [4.69, 9.17) is 11.5 Å². The number of aliphatic hydroxyl groups is 1. The summed E-state index contributed by atoms with van der Waals surface area (Å²) in [7, 11) is -3.60. The molecule has 0 fully saturated rings. The summed E-state index contributed by atoms with van der Waals surface area (Å²) < 4.78 is 25.9. The number of terminal acetylenes is 1. The molecule has 1 rings (SSSR count). The van der Waals surface area contributed by atoms with Crippen molar-refractivity contribution in [2.24, 2.45) is 0 Å². The fraction of sp³-hybridized carbons (Fsp3) is 0.286. The zero-order chi connectivity index (χ0) is 14.3. The Bertz CT molecular complexity index is 568. The van der Waals surface area contributed by atoms with Gasteiger partial charge >= 0.3 is 0 Å². The van der Waals surface area contributed by atoms with Crippen molar-refractivity contribution in [2.45, 2.75) is 11.8 Å². The first-order valence-corrected chi connectivity index (χ1v) is 7.22. The molecule has 1 N–H and O–H groups in total. The normalized spacial score (nSPS) is 11.9. The second-order valence-electron chi connectivity index (χ2n) is 3.97. The Balaban J connectivity index is 3.02. The van der Waals surface area contributed by atoms with E-state index in [2.05, 4.69) is 5.92 Å². The standard InChI is InChI=1S/C14H17NO3S/c1-3-10-15(11-4-5-12-16)19(17,18)14-8-6-13(2)7-9-14/h1,4-9,16H,10-12H2,2H3/b5-4+. The minimum absolute atomic E-state index is 0.00796. The van der Waals surface area contributed by atoms with Crippen molar-refractivity contribution in [3.8, 4) is 12.3 Å². The largest absolute Gasteiger partial charge is 0.392 e. The van der Waals surface area contributed by atoms with Crippen molar-refractivity contribution in [3.63, 3.8) is 0 Å². The molecule has 0 saturated carbocycles. The first kappa shape index (κ1) is 15.4. The molecule has 19 heavy (non-hydrogen) atoms. The fourth-order valence-corrected chi connectivity index (χ4v) is 2.78. The van der Waals surface area contributed by atoms with Gasteiger partial charge in [-0.05, 0) is 19.1 Å². The van der Waals surface area contributed by atoms with Crippen molar-refractivity contribution in [2.75, 3.05) is 19.7 Å². The van der Waals surface area contributed by atoms with Gasteiger partial charge in [-0.2, -0.15) is 4.31 Å². The fourth-order valence-electron chi connectivity index (χ4n) is 1.48. The topological polar surface area (TPSA) is 57.6 Å². The molecule has 0 bridgehead atoms. The van der Waals surface area contributed by atoms with Crippen molar-refractivity contribution >= 4 is 10.0 Å². The molecule has 0 saturated heterocycles. The molecule has 0 aromatic heterocycles. The van der Waals surface area contributed by atoms with E-state index >= 15 is 0 Å². The van der Waals surface area contributed by atoms with Gasteiger partial charge in [-0.15, -0.1) is 6.42 Å². The Hall–Kier alpha value is -1.61. The maximum absolute atomic E-state index is 12.4. The lowest BCUT2D eigenvalue weighted by Crippen LogP contribution is -2.31. The van der Waals surface area contributed by atoms with Crippen LogP contribution in [0.1, 0.15) is 5.56 Å². The van der Waals surface area contributed by atoms with Gasteiger partial charge in [0, 0.05) is 6.54 Å². The maximum Gasteiger partial charge on any atom is 0.244 e. The van der Waals surface area contributed by atoms with E-state index in [1.165, 1.54) is 10.4 Å². The molecule has 0 atom stereocenters. The van der Waals surface area contributed by atoms with Crippen molar-refractivity contribution in [1.29, 1.82) is 0 Å². The zero-order valence-electron chi connectivity index (χ0n) is 10.8. The van der Waals surface area contributed by atoms with Crippen LogP contribution in [0.5, 0.6) is 0 Å². The minimum atomic E-state index is -3.60. The van der Waals surface area contributed by atoms with Crippen LogP contribution in [0.15, 0.2) is 41.3 Å². The van der Waals surface area contributed by atoms with Crippen LogP contribution in [0.3, 0.4) is 0 Å². The molecule has 0 amide bonds. The van der Waals surface area contributed by atoms with Crippen LogP contribution in [0.2, 0.25) is 0 Å². The summed E-state index contributed by atoms with van der Waals surface area (Å²) in [4.78, 5) is 0.214. The first-order chi connectivity index (χ1) is 9.02. The molecule has 0 radical (unpaired) electrons. The van der Waals surface area contributed by atoms with Gasteiger partial charge in [0.15, 0.2) is 0 Å². The highest BCUT2D eigenvalue weighted by Crippen LogP contribution is 2.16. The third-order valence-electron chi connectivity index (χ3n) is 2.51. The van der Waals surface area contributed by atoms with Crippen LogP contribution < -0.4 is 0 Å². The first-order valence-electron chi connectivity index (χ1n) is 5.78. The predicted octanol–water partition coefficient (Wildman–Crippen LogP) is 1.17. The van der Waals surface area contributed by atoms with Crippen molar-refractivity contribution < 1.29 is 13.5 Å². The van der Waals surface area contributed by atoms with Gasteiger partial charge < -0.3 is 5.11 Å². The average Bonchev–Trinajstić information content (AvgIpc) is 2.38. The quantitative estimate of drug-likeness (QED) is 0.628. The molecule has 0 unspecified atom stereocenters. The average molecular weight is 279 g/mol. The van der Waals surface area contributed by atoms with Gasteiger partial charge in [0.1, 0.15) is 0 Å². The van der Waals surface area contributed by atoms with Crippen LogP contribution in [-0.4, -0.2) is 37.5 Å². The Morgan fingerprint density at radius 2 is 1.95 bits per heavy atom. The lowest BCUT2D eigenvalue weighted by molar-refractivity contribution is 0.342. The van der Waals surface area contributed by atoms with Crippen molar-refractivity contribution in [3.05, 3.63) is 42.0 Å². The molecule has 0 aliphatic heterocycles. The maximum atomic E-state index is 12.4. The third-order valence-corrected chi connectivity index (χ3v) is 4.33. The summed E-state index contributed by atoms with van der Waals surface area (Å²) in [6.45, 7) is 1.89. The molecule has 0 heterocycles. The number of sulfonamides is 1. The Kier molecular flexibility index (Phi) is 5.77. The molecular weight excluding hydrogens is 262 g/mol. The molecule has 1 aromatic carbocycles. The van der Waals surface area contributed by atoms with Crippen LogP contribution in [-0.2, 0) is 10.0 Å². The summed E-state index contributed by atoms with van der Waals surface area (Å²) in [5, 5.41) is 8.66. The molecule has 0 aliphatic carbocycles. The summed E-state index contributed by atoms with van der Waals surface area (Å²) in [6, 6.07) is 6.60. The molecule has 5 heteroatoms. The Morgan fingerprint density at radius 1 is 1.32 bits per heavy atom. The molecule has 0 spiro atoms. The predicted molar refractivity (Wildman–Crippen MR) is 75.0 cm³/mol. The molecular formula is C14H17NO3S. The summed E-state index contributed by atoms with van der Waals surface area (Å²) in [5.41, 5.74) is 0.989. The van der Waals surface area contributed by atoms with Gasteiger partial charge in [-0.1, -0.05) is 35.8 Å². The number of hydrogen-bond acceptors (Lipinski definition) is 3. The van der Waals surface area contributed by atoms with E-state index in [1.807, 2.05) is 6.92 Å². The highest BCUT2D eigenvalue weighted by atomic mass is 32.2. The Morgan fingerprint density at radius 3 is 2.47 bits per heavy atom. The SMILES string of the molecule is C#CCN(C/C=C/CO)S(=O)(=O)c1ccc(C)cc1. The molecule has 4 nitrogen and oxygen atoms in total. The zero-order valence-corrected chi connectivity index (χ0v) is 11.6. The second-order valence-corrected chi connectivity index (χ2v) is 5.91. The van der Waals surface area contributed by atoms with E-state index in [0.29, 0.717) is 0 Å². The van der Waals surface area contributed by atoms with E-state index in [9.17, 15) is 8.42 Å². The molecule has 102 valence electrons. The van der Waals surface area contributed by atoms with E-state index in [0.717, 1.165) is 5.56 Å². The highest BCUT2D eigenvalue weighted by molar-refractivity contribution is 7.89. The lowest BCUT2D eigenvalue weighted by Gasteiger charge is -2.18. The summed E-state index contributed by atoms with van der Waals surface area (Å²) in [6.07, 6.45) is 8.26. The number of aliphatic hydroxyl groups excluding tert-OH is 1. The Labute approximate surface area is 114 Å². The van der Waals surface area contributed by atoms with E-state index < -0.39 is 10.0 Å². The number of nitrogens with zero attached hydrogens (tertiary/aromatic N) is 1. The van der Waals surface area contributed by atoms with Crippen LogP contribution in [0.25, 0.3) is 0 Å². The smallest absolute Gasteiger partial charge is 0.244 e. The van der Waals surface area contributed by atoms with Gasteiger partial charge in [0.05, 0.1) is 18.0 Å². The van der Waals surface area contributed by atoms with Crippen LogP contribution in [0, 0.1) is 19.3 Å². The van der Waals surface area contributed by atoms with E-state index in [-0.39, 0.29) is 24.6 Å². The van der Waals surface area contributed by atoms with Gasteiger partial charge in [-0.25, -0.2) is 8.42 Å². The molecule has 1 aromatic rings. The van der Waals surface area contributed by atoms with Crippen LogP contribution in [0.4, 0.5) is 0 Å². The monoisotopic (exact) mass is 279 g/mol. The minimum Gasteiger partial charge on any atom is -0.392 e. The van der Waals surface area contributed by atoms with E-state index in [1.54, 1.807) is 30.3 Å². The summed E-state index contributed by atoms with van der Waals surface area (Å²) in [5.74, 6) is 2.33. The van der Waals surface area contributed by atoms with Gasteiger partial charge in [0.25, 0.3) is 0 Å². The number of benzene rings is 1. The van der Waals surface area contributed by atoms with Crippen molar-refractivity contribution in [1.82, 2.24) is 4.31 Å². The summed E-state index contributed by atoms with van der Waals surface area (Å²) >= 11 is 0. The van der Waals surface area contributed by atoms with Gasteiger partial charge in [-0.3, -0.25) is 0 Å². The number of rotatable bonds is 6. The number of aryl methyl sites for hydroxylation is 1. The van der Waals surface area contributed by atoms with Crippen LogP contribution >= 0.6 is 0 Å². The van der Waals surface area contributed by atoms with Gasteiger partial charge in [0.2, 0.25) is 10.0 Å². The number of hydrogen-bond donors (Lipinski definition) is 1. The lowest BCUT2D eigenvalue weighted by atomic mass is 10.2. The highest BCUT2D eigenvalue weighted by Gasteiger charge is 2.22.